The van der Waals surface area contributed by atoms with Crippen LogP contribution >= 0.6 is 0 Å². The van der Waals surface area contributed by atoms with Crippen LogP contribution < -0.4 is 16.4 Å². The minimum atomic E-state index is -0.452. The van der Waals surface area contributed by atoms with Gasteiger partial charge in [-0.05, 0) is 32.0 Å². The van der Waals surface area contributed by atoms with Crippen molar-refractivity contribution in [3.05, 3.63) is 23.8 Å². The number of anilines is 2. The van der Waals surface area contributed by atoms with E-state index in [0.29, 0.717) is 24.4 Å². The highest BCUT2D eigenvalue weighted by molar-refractivity contribution is 5.95. The van der Waals surface area contributed by atoms with Crippen LogP contribution in [0, 0.1) is 0 Å². The number of rotatable bonds is 6. The molecule has 0 atom stereocenters. The lowest BCUT2D eigenvalue weighted by molar-refractivity contribution is 0.100. The molecule has 1 aromatic carbocycles. The first kappa shape index (κ1) is 14.3. The number of nitrogens with two attached hydrogens (primary N) is 2. The topological polar surface area (TPSA) is 81.6 Å². The average molecular weight is 251 g/mol. The Morgan fingerprint density at radius 3 is 2.61 bits per heavy atom. The minimum Gasteiger partial charge on any atom is -0.397 e. The van der Waals surface area contributed by atoms with E-state index in [1.165, 1.54) is 0 Å². The number of carbonyl (C=O) groups excluding carboxylic acids is 1. The number of nitrogen functional groups attached to an aromatic ring is 1. The molecule has 0 aliphatic rings. The van der Waals surface area contributed by atoms with Crippen LogP contribution in [-0.2, 0) is 4.74 Å². The smallest absolute Gasteiger partial charge is 0.248 e. The Bertz CT molecular complexity index is 419. The van der Waals surface area contributed by atoms with Crippen molar-refractivity contribution in [3.63, 3.8) is 0 Å². The molecule has 0 aliphatic heterocycles. The van der Waals surface area contributed by atoms with Gasteiger partial charge in [0.2, 0.25) is 5.91 Å². The zero-order valence-corrected chi connectivity index (χ0v) is 11.1. The molecule has 0 aliphatic carbocycles. The summed E-state index contributed by atoms with van der Waals surface area (Å²) in [7, 11) is 1.65. The van der Waals surface area contributed by atoms with E-state index in [-0.39, 0.29) is 6.04 Å². The van der Waals surface area contributed by atoms with Crippen LogP contribution in [0.15, 0.2) is 18.2 Å². The molecule has 0 saturated heterocycles. The predicted octanol–water partition coefficient (Wildman–Crippen LogP) is 1.23. The Hall–Kier alpha value is -1.75. The van der Waals surface area contributed by atoms with Crippen molar-refractivity contribution in [2.24, 2.45) is 5.73 Å². The molecule has 0 aromatic heterocycles. The molecule has 18 heavy (non-hydrogen) atoms. The highest BCUT2D eigenvalue weighted by Gasteiger charge is 2.15. The molecule has 1 amide bonds. The van der Waals surface area contributed by atoms with E-state index in [4.69, 9.17) is 16.2 Å². The van der Waals surface area contributed by atoms with Gasteiger partial charge in [0.05, 0.1) is 18.0 Å². The van der Waals surface area contributed by atoms with E-state index in [9.17, 15) is 4.79 Å². The van der Waals surface area contributed by atoms with Gasteiger partial charge in [0, 0.05) is 25.3 Å². The highest BCUT2D eigenvalue weighted by atomic mass is 16.5. The Morgan fingerprint density at radius 2 is 2.11 bits per heavy atom. The van der Waals surface area contributed by atoms with Gasteiger partial charge in [0.25, 0.3) is 0 Å². The van der Waals surface area contributed by atoms with Crippen molar-refractivity contribution in [1.82, 2.24) is 0 Å². The van der Waals surface area contributed by atoms with Crippen LogP contribution in [0.1, 0.15) is 24.2 Å². The quantitative estimate of drug-likeness (QED) is 0.745. The molecule has 0 spiro atoms. The number of primary amides is 1. The molecular weight excluding hydrogens is 230 g/mol. The van der Waals surface area contributed by atoms with Gasteiger partial charge < -0.3 is 21.1 Å². The molecule has 1 aromatic rings. The van der Waals surface area contributed by atoms with Gasteiger partial charge in [0.15, 0.2) is 0 Å². The molecule has 100 valence electrons. The summed E-state index contributed by atoms with van der Waals surface area (Å²) in [5, 5.41) is 0. The molecular formula is C13H21N3O2. The molecule has 0 radical (unpaired) electrons. The fraction of sp³-hybridized carbons (Fsp3) is 0.462. The van der Waals surface area contributed by atoms with E-state index in [0.717, 1.165) is 5.69 Å². The zero-order valence-electron chi connectivity index (χ0n) is 11.1. The average Bonchev–Trinajstić information content (AvgIpc) is 2.31. The Kier molecular flexibility index (Phi) is 4.97. The van der Waals surface area contributed by atoms with Gasteiger partial charge in [-0.1, -0.05) is 0 Å². The summed E-state index contributed by atoms with van der Waals surface area (Å²) in [6.07, 6.45) is 0. The van der Waals surface area contributed by atoms with Gasteiger partial charge in [-0.3, -0.25) is 4.79 Å². The summed E-state index contributed by atoms with van der Waals surface area (Å²) in [6.45, 7) is 5.43. The highest BCUT2D eigenvalue weighted by Crippen LogP contribution is 2.26. The first-order chi connectivity index (χ1) is 8.47. The Labute approximate surface area is 108 Å². The summed E-state index contributed by atoms with van der Waals surface area (Å²) < 4.78 is 5.09. The third-order valence-electron chi connectivity index (χ3n) is 2.78. The molecule has 4 N–H and O–H groups in total. The third kappa shape index (κ3) is 3.37. The van der Waals surface area contributed by atoms with Gasteiger partial charge in [0.1, 0.15) is 0 Å². The lowest BCUT2D eigenvalue weighted by Gasteiger charge is -2.30. The van der Waals surface area contributed by atoms with Crippen molar-refractivity contribution in [3.8, 4) is 0 Å². The Balaban J connectivity index is 3.09. The number of benzene rings is 1. The number of hydrogen-bond acceptors (Lipinski definition) is 4. The second-order valence-electron chi connectivity index (χ2n) is 4.42. The maximum Gasteiger partial charge on any atom is 0.248 e. The summed E-state index contributed by atoms with van der Waals surface area (Å²) in [5.74, 6) is -0.452. The van der Waals surface area contributed by atoms with Crippen molar-refractivity contribution in [1.29, 1.82) is 0 Å². The fourth-order valence-electron chi connectivity index (χ4n) is 1.79. The predicted molar refractivity (Wildman–Crippen MR) is 73.7 cm³/mol. The second-order valence-corrected chi connectivity index (χ2v) is 4.42. The van der Waals surface area contributed by atoms with Crippen molar-refractivity contribution >= 4 is 17.3 Å². The Morgan fingerprint density at radius 1 is 1.44 bits per heavy atom. The zero-order chi connectivity index (χ0) is 13.7. The first-order valence-electron chi connectivity index (χ1n) is 5.92. The summed E-state index contributed by atoms with van der Waals surface area (Å²) in [5.41, 5.74) is 13.2. The molecule has 0 heterocycles. The largest absolute Gasteiger partial charge is 0.397 e. The number of methoxy groups -OCH3 is 1. The lowest BCUT2D eigenvalue weighted by atomic mass is 10.1. The van der Waals surface area contributed by atoms with Crippen LogP contribution in [0.2, 0.25) is 0 Å². The molecule has 0 unspecified atom stereocenters. The van der Waals surface area contributed by atoms with E-state index in [1.807, 2.05) is 0 Å². The maximum absolute atomic E-state index is 11.2. The lowest BCUT2D eigenvalue weighted by Crippen LogP contribution is -2.34. The van der Waals surface area contributed by atoms with E-state index in [1.54, 1.807) is 25.3 Å². The number of ether oxygens (including phenoxy) is 1. The van der Waals surface area contributed by atoms with Crippen molar-refractivity contribution in [2.75, 3.05) is 30.9 Å². The van der Waals surface area contributed by atoms with Gasteiger partial charge in [-0.15, -0.1) is 0 Å². The van der Waals surface area contributed by atoms with Gasteiger partial charge in [-0.25, -0.2) is 0 Å². The van der Waals surface area contributed by atoms with Crippen LogP contribution in [-0.4, -0.2) is 32.2 Å². The number of carbonyl (C=O) groups is 1. The number of hydrogen-bond donors (Lipinski definition) is 2. The molecule has 5 nitrogen and oxygen atoms in total. The third-order valence-corrected chi connectivity index (χ3v) is 2.78. The van der Waals surface area contributed by atoms with Crippen LogP contribution in [0.3, 0.4) is 0 Å². The van der Waals surface area contributed by atoms with Gasteiger partial charge in [-0.2, -0.15) is 0 Å². The molecule has 5 heteroatoms. The summed E-state index contributed by atoms with van der Waals surface area (Å²) >= 11 is 0. The second kappa shape index (κ2) is 6.26. The molecule has 0 fully saturated rings. The normalized spacial score (nSPS) is 10.7. The van der Waals surface area contributed by atoms with Crippen LogP contribution in [0.4, 0.5) is 11.4 Å². The number of amides is 1. The van der Waals surface area contributed by atoms with Crippen molar-refractivity contribution < 1.29 is 9.53 Å². The monoisotopic (exact) mass is 251 g/mol. The van der Waals surface area contributed by atoms with Gasteiger partial charge >= 0.3 is 0 Å². The van der Waals surface area contributed by atoms with Crippen LogP contribution in [0.5, 0.6) is 0 Å². The van der Waals surface area contributed by atoms with E-state index >= 15 is 0 Å². The first-order valence-corrected chi connectivity index (χ1v) is 5.92. The maximum atomic E-state index is 11.2. The SMILES string of the molecule is COCCN(c1cc(C(N)=O)ccc1N)C(C)C. The van der Waals surface area contributed by atoms with Crippen LogP contribution in [0.25, 0.3) is 0 Å². The van der Waals surface area contributed by atoms with E-state index < -0.39 is 5.91 Å². The summed E-state index contributed by atoms with van der Waals surface area (Å²) in [4.78, 5) is 13.3. The summed E-state index contributed by atoms with van der Waals surface area (Å²) in [6, 6.07) is 5.33. The standard InChI is InChI=1S/C13H21N3O2/c1-9(2)16(6-7-18-3)12-8-10(13(15)17)4-5-11(12)14/h4-5,8-9H,6-7,14H2,1-3H3,(H2,15,17). The number of nitrogens with zero attached hydrogens (tertiary/aromatic N) is 1. The molecule has 0 bridgehead atoms. The fourth-order valence-corrected chi connectivity index (χ4v) is 1.79. The molecule has 0 saturated carbocycles. The van der Waals surface area contributed by atoms with Crippen molar-refractivity contribution in [2.45, 2.75) is 19.9 Å². The molecule has 1 rings (SSSR count). The minimum absolute atomic E-state index is 0.255. The van der Waals surface area contributed by atoms with E-state index in [2.05, 4.69) is 18.7 Å².